The Hall–Kier alpha value is -3.76. The van der Waals surface area contributed by atoms with Crippen LogP contribution in [0.1, 0.15) is 66.6 Å². The number of likely N-dealkylation sites (tertiary alicyclic amines) is 1. The number of alkyl halides is 3. The smallest absolute Gasteiger partial charge is 0.419 e. The maximum absolute atomic E-state index is 16.0. The van der Waals surface area contributed by atoms with Gasteiger partial charge in [0, 0.05) is 28.6 Å². The van der Waals surface area contributed by atoms with Gasteiger partial charge >= 0.3 is 12.1 Å². The molecule has 1 amide bonds. The first-order chi connectivity index (χ1) is 22.8. The summed E-state index contributed by atoms with van der Waals surface area (Å²) in [6.07, 6.45) is -4.60. The van der Waals surface area contributed by atoms with Crippen molar-refractivity contribution >= 4 is 35.1 Å². The fourth-order valence-corrected chi connectivity index (χ4v) is 7.15. The van der Waals surface area contributed by atoms with E-state index in [1.165, 1.54) is 36.4 Å². The number of aryl methyl sites for hydroxylation is 1. The van der Waals surface area contributed by atoms with Crippen LogP contribution in [0.15, 0.2) is 54.6 Å². The van der Waals surface area contributed by atoms with Gasteiger partial charge in [0.05, 0.1) is 23.3 Å². The van der Waals surface area contributed by atoms with Crippen LogP contribution in [0.5, 0.6) is 5.75 Å². The fourth-order valence-electron chi connectivity index (χ4n) is 6.81. The number of aliphatic hydroxyl groups excluding tert-OH is 1. The van der Waals surface area contributed by atoms with Gasteiger partial charge in [0.25, 0.3) is 5.91 Å². The molecule has 1 fully saturated rings. The molecular weight excluding hydrogens is 692 g/mol. The Morgan fingerprint density at radius 3 is 2.35 bits per heavy atom. The van der Waals surface area contributed by atoms with Gasteiger partial charge in [-0.2, -0.15) is 18.4 Å². The van der Waals surface area contributed by atoms with Crippen LogP contribution in [0.2, 0.25) is 10.0 Å². The molecule has 1 heterocycles. The van der Waals surface area contributed by atoms with Crippen molar-refractivity contribution in [2.24, 2.45) is 11.1 Å². The number of carbonyl (C=O) groups excluding carboxylic acids is 2. The van der Waals surface area contributed by atoms with E-state index < -0.39 is 76.4 Å². The van der Waals surface area contributed by atoms with Crippen molar-refractivity contribution in [1.82, 2.24) is 4.90 Å². The number of esters is 1. The van der Waals surface area contributed by atoms with Gasteiger partial charge in [0.2, 0.25) is 0 Å². The molecule has 0 aromatic heterocycles. The Bertz CT molecular complexity index is 1780. The number of ether oxygens (including phenoxy) is 1. The normalized spacial score (nSPS) is 21.4. The van der Waals surface area contributed by atoms with Crippen molar-refractivity contribution < 1.29 is 41.4 Å². The molecular formula is C35H34Cl2F5N3O4. The van der Waals surface area contributed by atoms with Crippen LogP contribution in [0, 0.1) is 28.4 Å². The van der Waals surface area contributed by atoms with E-state index in [4.69, 9.17) is 28.9 Å². The average Bonchev–Trinajstić information content (AvgIpc) is 3.25. The largest absolute Gasteiger partial charge is 0.491 e. The van der Waals surface area contributed by atoms with Gasteiger partial charge in [-0.25, -0.2) is 13.6 Å². The number of benzene rings is 3. The molecule has 49 heavy (non-hydrogen) atoms. The summed E-state index contributed by atoms with van der Waals surface area (Å²) in [5.41, 5.74) is 3.00. The van der Waals surface area contributed by atoms with Gasteiger partial charge in [0.1, 0.15) is 22.8 Å². The summed E-state index contributed by atoms with van der Waals surface area (Å²) in [7, 11) is 0. The number of carbonyl (C=O) groups is 2. The Morgan fingerprint density at radius 2 is 1.78 bits per heavy atom. The molecule has 1 aliphatic heterocycles. The molecule has 0 aliphatic carbocycles. The van der Waals surface area contributed by atoms with Crippen molar-refractivity contribution in [3.05, 3.63) is 98.5 Å². The number of rotatable bonds is 10. The number of nitriles is 1. The van der Waals surface area contributed by atoms with E-state index >= 15 is 8.78 Å². The summed E-state index contributed by atoms with van der Waals surface area (Å²) < 4.78 is 75.1. The predicted molar refractivity (Wildman–Crippen MR) is 173 cm³/mol. The Balaban J connectivity index is 1.82. The molecule has 1 saturated heterocycles. The second kappa shape index (κ2) is 14.6. The summed E-state index contributed by atoms with van der Waals surface area (Å²) in [5, 5.41) is 21.9. The summed E-state index contributed by atoms with van der Waals surface area (Å²) in [5.74, 6) is -7.01. The first kappa shape index (κ1) is 38.0. The van der Waals surface area contributed by atoms with Crippen LogP contribution < -0.4 is 10.5 Å². The standard InChI is InChI=1S/C35H34Cl2F5N3O4/c1-33(2,3)16-28-34(18-43,23-12-10-20(36)15-25(23)38)29(22-7-4-8-24(37)30(22)39)26(17-46)45(28)13-5-6-19-9-11-21(31(44)47)27(14-19)49-32(48)35(40,41)42/h4,7-12,14-15,26,28-29,46H,5-6,13,16-17H2,1-3H3,(H2,44,47)/t26-,28-,29-,34-/m0/s1. The SMILES string of the molecule is CC(C)(C)C[C@@H]1N(CCCc2ccc(C(N)=O)c(OC(=O)C(F)(F)F)c2)[C@@H](CO)[C@H](c2cccc(Cl)c2F)[C@@]1(C#N)c1ccc(Cl)cc1F. The van der Waals surface area contributed by atoms with Crippen molar-refractivity contribution in [2.45, 2.75) is 69.6 Å². The van der Waals surface area contributed by atoms with Crippen molar-refractivity contribution in [2.75, 3.05) is 13.2 Å². The van der Waals surface area contributed by atoms with E-state index in [2.05, 4.69) is 10.8 Å². The van der Waals surface area contributed by atoms with E-state index in [9.17, 15) is 33.1 Å². The summed E-state index contributed by atoms with van der Waals surface area (Å²) in [6, 6.07) is 12.5. The molecule has 4 rings (SSSR count). The Kier molecular flexibility index (Phi) is 11.3. The second-order valence-corrected chi connectivity index (χ2v) is 14.0. The number of halogens is 7. The number of primary amides is 1. The van der Waals surface area contributed by atoms with Crippen LogP contribution in [-0.2, 0) is 16.6 Å². The molecule has 0 saturated carbocycles. The van der Waals surface area contributed by atoms with Gasteiger partial charge in [-0.05, 0) is 72.7 Å². The lowest BCUT2D eigenvalue weighted by Crippen LogP contribution is -2.47. The fraction of sp³-hybridized carbons (Fsp3) is 0.400. The van der Waals surface area contributed by atoms with E-state index in [0.717, 1.165) is 18.2 Å². The highest BCUT2D eigenvalue weighted by Gasteiger charge is 2.62. The second-order valence-electron chi connectivity index (χ2n) is 13.2. The maximum Gasteiger partial charge on any atom is 0.491 e. The molecule has 0 unspecified atom stereocenters. The molecule has 3 aromatic carbocycles. The van der Waals surface area contributed by atoms with E-state index in [-0.39, 0.29) is 40.6 Å². The third-order valence-electron chi connectivity index (χ3n) is 8.73. The first-order valence-electron chi connectivity index (χ1n) is 15.2. The molecule has 262 valence electrons. The number of hydrogen-bond donors (Lipinski definition) is 2. The number of nitrogens with two attached hydrogens (primary N) is 1. The van der Waals surface area contributed by atoms with Crippen LogP contribution >= 0.6 is 23.2 Å². The van der Waals surface area contributed by atoms with Gasteiger partial charge in [0.15, 0.2) is 0 Å². The lowest BCUT2D eigenvalue weighted by Gasteiger charge is -2.39. The molecule has 14 heteroatoms. The Labute approximate surface area is 290 Å². The zero-order chi connectivity index (χ0) is 36.5. The summed E-state index contributed by atoms with van der Waals surface area (Å²) >= 11 is 12.3. The predicted octanol–water partition coefficient (Wildman–Crippen LogP) is 7.50. The monoisotopic (exact) mass is 725 g/mol. The molecule has 4 atom stereocenters. The molecule has 7 nitrogen and oxygen atoms in total. The minimum Gasteiger partial charge on any atom is -0.419 e. The van der Waals surface area contributed by atoms with E-state index in [1.54, 1.807) is 0 Å². The molecule has 0 radical (unpaired) electrons. The molecule has 0 spiro atoms. The van der Waals surface area contributed by atoms with Gasteiger partial charge in [-0.3, -0.25) is 9.69 Å². The summed E-state index contributed by atoms with van der Waals surface area (Å²) in [6.45, 7) is 5.38. The highest BCUT2D eigenvalue weighted by Crippen LogP contribution is 2.56. The molecule has 1 aliphatic rings. The number of nitrogens with zero attached hydrogens (tertiary/aromatic N) is 2. The van der Waals surface area contributed by atoms with Crippen LogP contribution in [0.3, 0.4) is 0 Å². The quantitative estimate of drug-likeness (QED) is 0.127. The lowest BCUT2D eigenvalue weighted by atomic mass is 9.62. The molecule has 3 N–H and O–H groups in total. The van der Waals surface area contributed by atoms with Crippen LogP contribution in [-0.4, -0.2) is 53.3 Å². The third kappa shape index (κ3) is 7.86. The highest BCUT2D eigenvalue weighted by atomic mass is 35.5. The van der Waals surface area contributed by atoms with Crippen molar-refractivity contribution in [1.29, 1.82) is 5.26 Å². The number of aliphatic hydroxyl groups is 1. The Morgan fingerprint density at radius 1 is 1.08 bits per heavy atom. The van der Waals surface area contributed by atoms with Crippen molar-refractivity contribution in [3.8, 4) is 11.8 Å². The number of amides is 1. The van der Waals surface area contributed by atoms with Crippen LogP contribution in [0.25, 0.3) is 0 Å². The van der Waals surface area contributed by atoms with Gasteiger partial charge in [-0.1, -0.05) is 68.2 Å². The van der Waals surface area contributed by atoms with Crippen molar-refractivity contribution in [3.63, 3.8) is 0 Å². The zero-order valence-electron chi connectivity index (χ0n) is 26.8. The topological polar surface area (TPSA) is 117 Å². The number of hydrogen-bond acceptors (Lipinski definition) is 6. The van der Waals surface area contributed by atoms with E-state index in [1.807, 2.05) is 25.7 Å². The highest BCUT2D eigenvalue weighted by molar-refractivity contribution is 6.31. The average molecular weight is 727 g/mol. The molecule has 3 aromatic rings. The first-order valence-corrected chi connectivity index (χ1v) is 16.0. The lowest BCUT2D eigenvalue weighted by molar-refractivity contribution is -0.189. The summed E-state index contributed by atoms with van der Waals surface area (Å²) in [4.78, 5) is 25.2. The minimum atomic E-state index is -5.32. The van der Waals surface area contributed by atoms with Crippen LogP contribution in [0.4, 0.5) is 22.0 Å². The maximum atomic E-state index is 16.0. The molecule has 0 bridgehead atoms. The third-order valence-corrected chi connectivity index (χ3v) is 9.25. The zero-order valence-corrected chi connectivity index (χ0v) is 28.3. The van der Waals surface area contributed by atoms with Gasteiger partial charge < -0.3 is 15.6 Å². The van der Waals surface area contributed by atoms with Gasteiger partial charge in [-0.15, -0.1) is 0 Å². The van der Waals surface area contributed by atoms with E-state index in [0.29, 0.717) is 12.0 Å². The minimum absolute atomic E-state index is 0.0158.